The van der Waals surface area contributed by atoms with Crippen LogP contribution in [-0.2, 0) is 6.42 Å². The number of ether oxygens (including phenoxy) is 1. The molecule has 3 nitrogen and oxygen atoms in total. The van der Waals surface area contributed by atoms with Crippen LogP contribution >= 0.6 is 23.2 Å². The molecule has 0 aliphatic heterocycles. The highest BCUT2D eigenvalue weighted by Gasteiger charge is 2.07. The lowest BCUT2D eigenvalue weighted by atomic mass is 10.1. The van der Waals surface area contributed by atoms with Crippen LogP contribution in [0.2, 0.25) is 10.2 Å². The predicted molar refractivity (Wildman–Crippen MR) is 77.4 cm³/mol. The minimum absolute atomic E-state index is 0.379. The third kappa shape index (κ3) is 3.37. The average Bonchev–Trinajstić information content (AvgIpc) is 2.35. The smallest absolute Gasteiger partial charge is 0.224 e. The Morgan fingerprint density at radius 3 is 2.26 bits per heavy atom. The maximum Gasteiger partial charge on any atom is 0.224 e. The molecule has 0 saturated heterocycles. The molecule has 2 rings (SSSR count). The van der Waals surface area contributed by atoms with Crippen molar-refractivity contribution in [3.05, 3.63) is 45.3 Å². The first-order valence-electron chi connectivity index (χ1n) is 5.97. The summed E-state index contributed by atoms with van der Waals surface area (Å²) < 4.78 is 5.72. The third-order valence-corrected chi connectivity index (χ3v) is 3.46. The zero-order valence-electron chi connectivity index (χ0n) is 11.0. The van der Waals surface area contributed by atoms with Crippen molar-refractivity contribution >= 4 is 23.2 Å². The Labute approximate surface area is 122 Å². The maximum absolute atomic E-state index is 6.12. The monoisotopic (exact) mass is 296 g/mol. The topological polar surface area (TPSA) is 35.0 Å². The van der Waals surface area contributed by atoms with Crippen molar-refractivity contribution in [2.24, 2.45) is 0 Å². The number of hydrogen-bond acceptors (Lipinski definition) is 3. The van der Waals surface area contributed by atoms with Crippen molar-refractivity contribution in [2.75, 3.05) is 0 Å². The third-order valence-electron chi connectivity index (χ3n) is 2.67. The van der Waals surface area contributed by atoms with Gasteiger partial charge in [0.25, 0.3) is 0 Å². The van der Waals surface area contributed by atoms with Gasteiger partial charge in [-0.15, -0.1) is 0 Å². The number of nitrogens with zero attached hydrogens (tertiary/aromatic N) is 2. The number of aromatic nitrogens is 2. The van der Waals surface area contributed by atoms with Crippen molar-refractivity contribution in [2.45, 2.75) is 27.2 Å². The van der Waals surface area contributed by atoms with Gasteiger partial charge in [0, 0.05) is 17.5 Å². The highest BCUT2D eigenvalue weighted by atomic mass is 35.5. The van der Waals surface area contributed by atoms with Gasteiger partial charge in [-0.25, -0.2) is 4.98 Å². The minimum atomic E-state index is 0.379. The van der Waals surface area contributed by atoms with Gasteiger partial charge in [-0.3, -0.25) is 0 Å². The first-order valence-corrected chi connectivity index (χ1v) is 6.73. The van der Waals surface area contributed by atoms with Gasteiger partial charge >= 0.3 is 0 Å². The summed E-state index contributed by atoms with van der Waals surface area (Å²) in [4.78, 5) is 8.37. The fraction of sp³-hybridized carbons (Fsp3) is 0.286. The van der Waals surface area contributed by atoms with E-state index in [0.29, 0.717) is 29.0 Å². The Morgan fingerprint density at radius 1 is 1.05 bits per heavy atom. The maximum atomic E-state index is 6.12. The van der Waals surface area contributed by atoms with Gasteiger partial charge < -0.3 is 4.74 Å². The first kappa shape index (κ1) is 14.1. The van der Waals surface area contributed by atoms with Gasteiger partial charge in [0.15, 0.2) is 0 Å². The van der Waals surface area contributed by atoms with Crippen molar-refractivity contribution in [3.8, 4) is 11.6 Å². The van der Waals surface area contributed by atoms with Crippen LogP contribution in [0.25, 0.3) is 0 Å². The van der Waals surface area contributed by atoms with Crippen molar-refractivity contribution in [3.63, 3.8) is 0 Å². The molecule has 1 aromatic heterocycles. The van der Waals surface area contributed by atoms with Crippen molar-refractivity contribution in [1.29, 1.82) is 0 Å². The lowest BCUT2D eigenvalue weighted by Crippen LogP contribution is -1.97. The number of hydrogen-bond donors (Lipinski definition) is 0. The Bertz CT molecular complexity index is 591. The van der Waals surface area contributed by atoms with Crippen molar-refractivity contribution in [1.82, 2.24) is 9.97 Å². The van der Waals surface area contributed by atoms with Crippen LogP contribution in [0.3, 0.4) is 0 Å². The first-order chi connectivity index (χ1) is 8.99. The highest BCUT2D eigenvalue weighted by molar-refractivity contribution is 6.32. The Kier molecular flexibility index (Phi) is 4.27. The summed E-state index contributed by atoms with van der Waals surface area (Å²) in [7, 11) is 0. The van der Waals surface area contributed by atoms with E-state index in [1.807, 2.05) is 32.9 Å². The van der Waals surface area contributed by atoms with E-state index < -0.39 is 0 Å². The number of benzene rings is 1. The number of aryl methyl sites for hydroxylation is 3. The van der Waals surface area contributed by atoms with Crippen LogP contribution in [0.4, 0.5) is 0 Å². The Hall–Kier alpha value is -1.32. The molecule has 0 aliphatic carbocycles. The Balaban J connectivity index is 2.33. The molecule has 0 bridgehead atoms. The molecule has 19 heavy (non-hydrogen) atoms. The minimum Gasteiger partial charge on any atom is -0.439 e. The second-order valence-corrected chi connectivity index (χ2v) is 5.04. The molecular formula is C14H14Cl2N2O. The SMILES string of the molecule is CCc1nc(Cl)cc(Oc2cc(C)c(Cl)c(C)c2)n1. The van der Waals surface area contributed by atoms with Crippen LogP contribution in [0.1, 0.15) is 23.9 Å². The molecule has 100 valence electrons. The highest BCUT2D eigenvalue weighted by Crippen LogP contribution is 2.29. The summed E-state index contributed by atoms with van der Waals surface area (Å²) in [5, 5.41) is 1.13. The fourth-order valence-electron chi connectivity index (χ4n) is 1.74. The molecule has 0 fully saturated rings. The van der Waals surface area contributed by atoms with Gasteiger partial charge in [0.1, 0.15) is 16.7 Å². The summed E-state index contributed by atoms with van der Waals surface area (Å²) in [6.07, 6.45) is 0.704. The van der Waals surface area contributed by atoms with Gasteiger partial charge in [-0.05, 0) is 37.1 Å². The van der Waals surface area contributed by atoms with E-state index in [1.165, 1.54) is 0 Å². The van der Waals surface area contributed by atoms with Gasteiger partial charge in [-0.1, -0.05) is 30.1 Å². The zero-order chi connectivity index (χ0) is 14.0. The molecule has 2 aromatic rings. The molecule has 0 atom stereocenters. The lowest BCUT2D eigenvalue weighted by molar-refractivity contribution is 0.458. The van der Waals surface area contributed by atoms with Gasteiger partial charge in [-0.2, -0.15) is 4.98 Å². The number of rotatable bonds is 3. The standard InChI is InChI=1S/C14H14Cl2N2O/c1-4-12-17-11(15)7-13(18-12)19-10-5-8(2)14(16)9(3)6-10/h5-7H,4H2,1-3H3. The molecule has 0 N–H and O–H groups in total. The van der Waals surface area contributed by atoms with E-state index in [1.54, 1.807) is 6.07 Å². The van der Waals surface area contributed by atoms with Gasteiger partial charge in [0.2, 0.25) is 5.88 Å². The molecule has 0 radical (unpaired) electrons. The summed E-state index contributed by atoms with van der Waals surface area (Å²) in [6.45, 7) is 5.84. The molecular weight excluding hydrogens is 283 g/mol. The summed E-state index contributed by atoms with van der Waals surface area (Å²) >= 11 is 12.1. The molecule has 0 spiro atoms. The van der Waals surface area contributed by atoms with Crippen LogP contribution < -0.4 is 4.74 Å². The molecule has 1 aromatic carbocycles. The van der Waals surface area contributed by atoms with E-state index in [0.717, 1.165) is 16.1 Å². The largest absolute Gasteiger partial charge is 0.439 e. The van der Waals surface area contributed by atoms with E-state index in [9.17, 15) is 0 Å². The van der Waals surface area contributed by atoms with Crippen molar-refractivity contribution < 1.29 is 4.74 Å². The summed E-state index contributed by atoms with van der Waals surface area (Å²) in [6, 6.07) is 5.34. The fourth-order valence-corrected chi connectivity index (χ4v) is 2.04. The van der Waals surface area contributed by atoms with E-state index >= 15 is 0 Å². The summed E-state index contributed by atoms with van der Waals surface area (Å²) in [5.74, 6) is 1.79. The second kappa shape index (κ2) is 5.76. The molecule has 0 aliphatic rings. The molecule has 0 amide bonds. The molecule has 5 heteroatoms. The van der Waals surface area contributed by atoms with Crippen LogP contribution in [0.15, 0.2) is 18.2 Å². The lowest BCUT2D eigenvalue weighted by Gasteiger charge is -2.09. The van der Waals surface area contributed by atoms with E-state index in [2.05, 4.69) is 9.97 Å². The Morgan fingerprint density at radius 2 is 1.68 bits per heavy atom. The molecule has 0 unspecified atom stereocenters. The molecule has 1 heterocycles. The molecule has 0 saturated carbocycles. The average molecular weight is 297 g/mol. The second-order valence-electron chi connectivity index (χ2n) is 4.27. The van der Waals surface area contributed by atoms with E-state index in [4.69, 9.17) is 27.9 Å². The van der Waals surface area contributed by atoms with Gasteiger partial charge in [0.05, 0.1) is 0 Å². The predicted octanol–water partition coefficient (Wildman–Crippen LogP) is 4.75. The van der Waals surface area contributed by atoms with E-state index in [-0.39, 0.29) is 0 Å². The quantitative estimate of drug-likeness (QED) is 0.766. The zero-order valence-corrected chi connectivity index (χ0v) is 12.5. The van der Waals surface area contributed by atoms with Crippen LogP contribution in [-0.4, -0.2) is 9.97 Å². The van der Waals surface area contributed by atoms with Crippen LogP contribution in [0.5, 0.6) is 11.6 Å². The number of halogens is 2. The summed E-state index contributed by atoms with van der Waals surface area (Å²) in [5.41, 5.74) is 1.93. The van der Waals surface area contributed by atoms with Crippen LogP contribution in [0, 0.1) is 13.8 Å². The normalized spacial score (nSPS) is 10.6.